The summed E-state index contributed by atoms with van der Waals surface area (Å²) in [6, 6.07) is 4.99. The molecule has 0 saturated heterocycles. The fraction of sp³-hybridized carbons (Fsp3) is 0.481. The maximum atomic E-state index is 13.2. The molecule has 2 N–H and O–H groups in total. The molecule has 0 aliphatic carbocycles. The van der Waals surface area contributed by atoms with Crippen LogP contribution in [0.25, 0.3) is 0 Å². The Morgan fingerprint density at radius 1 is 1.05 bits per heavy atom. The first-order valence-electron chi connectivity index (χ1n) is 13.4. The number of carbonyl (C=O) groups is 4. The Balaban J connectivity index is 1.89. The van der Waals surface area contributed by atoms with Gasteiger partial charge in [0.15, 0.2) is 0 Å². The third-order valence-electron chi connectivity index (χ3n) is 6.53. The summed E-state index contributed by atoms with van der Waals surface area (Å²) in [5.41, 5.74) is 0.990. The van der Waals surface area contributed by atoms with Crippen LogP contribution in [0.2, 0.25) is 0 Å². The molecule has 5 amide bonds. The molecule has 0 saturated carbocycles. The number of hydrogen-bond donors (Lipinski definition) is 2. The molecular formula is C27H37N5O7S2. The van der Waals surface area contributed by atoms with Gasteiger partial charge in [-0.1, -0.05) is 20.3 Å². The van der Waals surface area contributed by atoms with Gasteiger partial charge in [0.2, 0.25) is 10.0 Å². The van der Waals surface area contributed by atoms with E-state index < -0.39 is 34.0 Å². The van der Waals surface area contributed by atoms with Crippen LogP contribution in [0.4, 0.5) is 14.6 Å². The molecule has 0 unspecified atom stereocenters. The zero-order valence-electron chi connectivity index (χ0n) is 24.0. The SMILES string of the molecule is CCCCN(CC)S(=O)(=O)c1ccc(C(=O)Nc2sc3c(c2C(=O)NC(=O)N(C)C)CCN(C(=O)OCC)C3)cc1. The minimum absolute atomic E-state index is 0.0833. The molecule has 224 valence electrons. The van der Waals surface area contributed by atoms with Gasteiger partial charge in [0.05, 0.1) is 23.6 Å². The van der Waals surface area contributed by atoms with Crippen LogP contribution in [0.3, 0.4) is 0 Å². The van der Waals surface area contributed by atoms with E-state index >= 15 is 0 Å². The lowest BCUT2D eigenvalue weighted by Crippen LogP contribution is -2.40. The molecule has 0 fully saturated rings. The fourth-order valence-electron chi connectivity index (χ4n) is 4.26. The van der Waals surface area contributed by atoms with Gasteiger partial charge in [0.1, 0.15) is 5.00 Å². The highest BCUT2D eigenvalue weighted by atomic mass is 32.2. The second-order valence-electron chi connectivity index (χ2n) is 9.56. The molecule has 12 nitrogen and oxygen atoms in total. The topological polar surface area (TPSA) is 145 Å². The second-order valence-corrected chi connectivity index (χ2v) is 12.6. The summed E-state index contributed by atoms with van der Waals surface area (Å²) in [7, 11) is -0.710. The van der Waals surface area contributed by atoms with Crippen molar-refractivity contribution < 1.29 is 32.3 Å². The maximum absolute atomic E-state index is 13.2. The summed E-state index contributed by atoms with van der Waals surface area (Å²) in [5, 5.41) is 5.30. The maximum Gasteiger partial charge on any atom is 0.410 e. The number of nitrogens with zero attached hydrogens (tertiary/aromatic N) is 3. The highest BCUT2D eigenvalue weighted by Gasteiger charge is 2.32. The quantitative estimate of drug-likeness (QED) is 0.419. The lowest BCUT2D eigenvalue weighted by atomic mass is 10.0. The first-order valence-corrected chi connectivity index (χ1v) is 15.7. The highest BCUT2D eigenvalue weighted by molar-refractivity contribution is 7.89. The van der Waals surface area contributed by atoms with Gasteiger partial charge in [-0.3, -0.25) is 14.9 Å². The normalized spacial score (nSPS) is 13.0. The number of nitrogens with one attached hydrogen (secondary N) is 2. The van der Waals surface area contributed by atoms with Crippen molar-refractivity contribution in [3.63, 3.8) is 0 Å². The van der Waals surface area contributed by atoms with Crippen LogP contribution in [-0.2, 0) is 27.7 Å². The van der Waals surface area contributed by atoms with Crippen LogP contribution in [-0.4, -0.2) is 86.8 Å². The average molecular weight is 608 g/mol. The standard InChI is InChI=1S/C27H37N5O7S2/c1-6-9-15-32(7-2)41(37,38)19-12-10-18(11-13-19)23(33)28-25-22(24(34)29-26(35)30(4)5)20-14-16-31(17-21(20)40-25)27(36)39-8-3/h10-13H,6-9,14-17H2,1-5H3,(H,28,33)(H,29,34,35). The number of benzene rings is 1. The van der Waals surface area contributed by atoms with Crippen LogP contribution in [0.1, 0.15) is 64.8 Å². The molecule has 0 spiro atoms. The second kappa shape index (κ2) is 13.9. The van der Waals surface area contributed by atoms with Gasteiger partial charge in [-0.05, 0) is 49.6 Å². The van der Waals surface area contributed by atoms with E-state index in [1.807, 2.05) is 6.92 Å². The molecule has 3 rings (SSSR count). The molecule has 0 atom stereocenters. The number of anilines is 1. The van der Waals surface area contributed by atoms with Crippen molar-refractivity contribution in [1.82, 2.24) is 19.4 Å². The number of rotatable bonds is 10. The summed E-state index contributed by atoms with van der Waals surface area (Å²) in [6.45, 7) is 6.95. The smallest absolute Gasteiger partial charge is 0.410 e. The zero-order valence-corrected chi connectivity index (χ0v) is 25.6. The van der Waals surface area contributed by atoms with Crippen LogP contribution in [0.5, 0.6) is 0 Å². The van der Waals surface area contributed by atoms with Gasteiger partial charge in [-0.25, -0.2) is 18.0 Å². The summed E-state index contributed by atoms with van der Waals surface area (Å²) in [4.78, 5) is 54.4. The van der Waals surface area contributed by atoms with E-state index in [-0.39, 0.29) is 34.2 Å². The monoisotopic (exact) mass is 607 g/mol. The molecule has 2 heterocycles. The van der Waals surface area contributed by atoms with Crippen molar-refractivity contribution in [2.24, 2.45) is 0 Å². The van der Waals surface area contributed by atoms with E-state index in [1.54, 1.807) is 13.8 Å². The number of fused-ring (bicyclic) bond motifs is 1. The minimum Gasteiger partial charge on any atom is -0.450 e. The van der Waals surface area contributed by atoms with Gasteiger partial charge in [-0.15, -0.1) is 11.3 Å². The molecule has 0 radical (unpaired) electrons. The lowest BCUT2D eigenvalue weighted by Gasteiger charge is -2.26. The molecule has 0 bridgehead atoms. The van der Waals surface area contributed by atoms with Gasteiger partial charge >= 0.3 is 12.1 Å². The number of unbranched alkanes of at least 4 members (excludes halogenated alkanes) is 1. The Labute approximate surface area is 244 Å². The van der Waals surface area contributed by atoms with Gasteiger partial charge in [0.25, 0.3) is 11.8 Å². The van der Waals surface area contributed by atoms with Gasteiger partial charge < -0.3 is 19.9 Å². The fourth-order valence-corrected chi connectivity index (χ4v) is 7.00. The number of sulfonamides is 1. The van der Waals surface area contributed by atoms with E-state index in [0.29, 0.717) is 36.5 Å². The highest BCUT2D eigenvalue weighted by Crippen LogP contribution is 2.37. The molecule has 14 heteroatoms. The largest absolute Gasteiger partial charge is 0.450 e. The molecular weight excluding hydrogens is 570 g/mol. The Morgan fingerprint density at radius 3 is 2.32 bits per heavy atom. The van der Waals surface area contributed by atoms with Crippen LogP contribution < -0.4 is 10.6 Å². The summed E-state index contributed by atoms with van der Waals surface area (Å²) < 4.78 is 32.6. The van der Waals surface area contributed by atoms with E-state index in [9.17, 15) is 27.6 Å². The van der Waals surface area contributed by atoms with Crippen LogP contribution >= 0.6 is 11.3 Å². The number of amides is 5. The summed E-state index contributed by atoms with van der Waals surface area (Å²) in [5.74, 6) is -1.23. The zero-order chi connectivity index (χ0) is 30.3. The van der Waals surface area contributed by atoms with Gasteiger partial charge in [0, 0.05) is 44.2 Å². The van der Waals surface area contributed by atoms with Crippen LogP contribution in [0.15, 0.2) is 29.2 Å². The van der Waals surface area contributed by atoms with E-state index in [4.69, 9.17) is 4.74 Å². The molecule has 1 aliphatic heterocycles. The predicted octanol–water partition coefficient (Wildman–Crippen LogP) is 3.74. The summed E-state index contributed by atoms with van der Waals surface area (Å²) in [6.07, 6.45) is 1.46. The number of thiophene rings is 1. The Morgan fingerprint density at radius 2 is 1.73 bits per heavy atom. The van der Waals surface area contributed by atoms with Crippen LogP contribution in [0, 0.1) is 0 Å². The number of urea groups is 1. The summed E-state index contributed by atoms with van der Waals surface area (Å²) >= 11 is 1.14. The van der Waals surface area contributed by atoms with Crippen molar-refractivity contribution in [3.8, 4) is 0 Å². The first-order chi connectivity index (χ1) is 19.4. The van der Waals surface area contributed by atoms with Crippen molar-refractivity contribution in [2.45, 2.75) is 51.5 Å². The average Bonchev–Trinajstić information content (AvgIpc) is 3.30. The van der Waals surface area contributed by atoms with Gasteiger partial charge in [-0.2, -0.15) is 4.31 Å². The molecule has 1 aromatic carbocycles. The van der Waals surface area contributed by atoms with Crippen molar-refractivity contribution >= 4 is 50.3 Å². The van der Waals surface area contributed by atoms with Crippen molar-refractivity contribution in [1.29, 1.82) is 0 Å². The molecule has 1 aromatic heterocycles. The predicted molar refractivity (Wildman–Crippen MR) is 156 cm³/mol. The molecule has 1 aliphatic rings. The number of carbonyl (C=O) groups excluding carboxylic acids is 4. The number of ether oxygens (including phenoxy) is 1. The Hall–Kier alpha value is -3.49. The lowest BCUT2D eigenvalue weighted by molar-refractivity contribution is 0.0955. The number of hydrogen-bond acceptors (Lipinski definition) is 8. The number of imide groups is 1. The van der Waals surface area contributed by atoms with E-state index in [1.165, 1.54) is 52.5 Å². The molecule has 2 aromatic rings. The van der Waals surface area contributed by atoms with Crippen molar-refractivity contribution in [2.75, 3.05) is 45.7 Å². The third kappa shape index (κ3) is 7.43. The van der Waals surface area contributed by atoms with Crippen molar-refractivity contribution in [3.05, 3.63) is 45.8 Å². The molecule has 41 heavy (non-hydrogen) atoms. The third-order valence-corrected chi connectivity index (χ3v) is 9.65. The Kier molecular flexibility index (Phi) is 10.9. The first kappa shape index (κ1) is 32.0. The Bertz CT molecular complexity index is 1390. The van der Waals surface area contributed by atoms with E-state index in [2.05, 4.69) is 10.6 Å². The van der Waals surface area contributed by atoms with E-state index in [0.717, 1.165) is 24.2 Å². The minimum atomic E-state index is -3.71.